The maximum atomic E-state index is 12.8. The molecule has 0 saturated carbocycles. The van der Waals surface area contributed by atoms with Crippen LogP contribution >= 0.6 is 0 Å². The second kappa shape index (κ2) is 8.88. The number of alkyl halides is 3. The van der Waals surface area contributed by atoms with Crippen LogP contribution in [-0.4, -0.2) is 57.7 Å². The van der Waals surface area contributed by atoms with Crippen LogP contribution in [0, 0.1) is 11.3 Å². The summed E-state index contributed by atoms with van der Waals surface area (Å²) < 4.78 is 38.3. The van der Waals surface area contributed by atoms with Gasteiger partial charge in [0.25, 0.3) is 0 Å². The Morgan fingerprint density at radius 3 is 2.62 bits per heavy atom. The van der Waals surface area contributed by atoms with E-state index in [0.29, 0.717) is 43.3 Å². The van der Waals surface area contributed by atoms with Crippen molar-refractivity contribution in [2.75, 3.05) is 37.6 Å². The van der Waals surface area contributed by atoms with E-state index in [-0.39, 0.29) is 17.9 Å². The lowest BCUT2D eigenvalue weighted by Crippen LogP contribution is -2.32. The lowest BCUT2D eigenvalue weighted by Gasteiger charge is -2.23. The van der Waals surface area contributed by atoms with Crippen molar-refractivity contribution in [2.24, 2.45) is 0 Å². The van der Waals surface area contributed by atoms with Gasteiger partial charge in [0.15, 0.2) is 5.82 Å². The topological polar surface area (TPSA) is 92.1 Å². The minimum Gasteiger partial charge on any atom is -0.509 e. The fourth-order valence-electron chi connectivity index (χ4n) is 3.72. The third-order valence-electron chi connectivity index (χ3n) is 5.39. The number of para-hydroxylation sites is 2. The Bertz CT molecular complexity index is 1130. The number of nitrogens with zero attached hydrogens (tertiary/aromatic N) is 5. The quantitative estimate of drug-likeness (QED) is 0.469. The predicted molar refractivity (Wildman–Crippen MR) is 114 cm³/mol. The number of H-pyrrole nitrogens is 1. The number of imidazole rings is 1. The Hall–Kier alpha value is -3.58. The molecule has 1 fully saturated rings. The highest BCUT2D eigenvalue weighted by molar-refractivity contribution is 5.82. The minimum absolute atomic E-state index is 0.0762. The number of aromatic nitrogens is 3. The van der Waals surface area contributed by atoms with Crippen LogP contribution in [0.3, 0.4) is 0 Å². The molecule has 3 aromatic rings. The minimum atomic E-state index is -4.41. The van der Waals surface area contributed by atoms with Crippen LogP contribution in [0.15, 0.2) is 48.4 Å². The van der Waals surface area contributed by atoms with E-state index >= 15 is 0 Å². The van der Waals surface area contributed by atoms with E-state index in [1.54, 1.807) is 0 Å². The van der Waals surface area contributed by atoms with Crippen molar-refractivity contribution in [2.45, 2.75) is 12.6 Å². The van der Waals surface area contributed by atoms with Crippen molar-refractivity contribution in [3.8, 4) is 6.07 Å². The van der Waals surface area contributed by atoms with Crippen LogP contribution < -0.4 is 4.90 Å². The first-order valence-corrected chi connectivity index (χ1v) is 10.1. The molecule has 0 spiro atoms. The molecule has 3 heterocycles. The van der Waals surface area contributed by atoms with Gasteiger partial charge in [0, 0.05) is 32.4 Å². The SMILES string of the molecule is N#C/C(=C(/O)CN1CCCN(c2ccc(C(F)(F)F)cn2)CC1)c1nc2ccccc2[nH]1. The number of benzene rings is 1. The van der Waals surface area contributed by atoms with Gasteiger partial charge < -0.3 is 15.0 Å². The summed E-state index contributed by atoms with van der Waals surface area (Å²) in [5.74, 6) is 0.726. The van der Waals surface area contributed by atoms with Gasteiger partial charge in [0.2, 0.25) is 0 Å². The number of allylic oxidation sites excluding steroid dienone is 1. The van der Waals surface area contributed by atoms with E-state index in [1.807, 2.05) is 40.1 Å². The average Bonchev–Trinajstić information content (AvgIpc) is 3.05. The van der Waals surface area contributed by atoms with Crippen molar-refractivity contribution in [3.05, 3.63) is 59.7 Å². The van der Waals surface area contributed by atoms with Crippen molar-refractivity contribution in [1.82, 2.24) is 19.9 Å². The second-order valence-corrected chi connectivity index (χ2v) is 7.56. The van der Waals surface area contributed by atoms with Gasteiger partial charge in [-0.05, 0) is 30.7 Å². The van der Waals surface area contributed by atoms with E-state index in [2.05, 4.69) is 15.0 Å². The molecule has 32 heavy (non-hydrogen) atoms. The molecule has 10 heteroatoms. The summed E-state index contributed by atoms with van der Waals surface area (Å²) in [4.78, 5) is 15.3. The average molecular weight is 442 g/mol. The Balaban J connectivity index is 1.44. The summed E-state index contributed by atoms with van der Waals surface area (Å²) in [6.45, 7) is 2.58. The van der Waals surface area contributed by atoms with Gasteiger partial charge in [0.1, 0.15) is 23.2 Å². The van der Waals surface area contributed by atoms with Crippen LogP contribution in [0.4, 0.5) is 19.0 Å². The smallest absolute Gasteiger partial charge is 0.417 e. The molecule has 2 N–H and O–H groups in total. The van der Waals surface area contributed by atoms with Crippen LogP contribution in [0.25, 0.3) is 16.6 Å². The highest BCUT2D eigenvalue weighted by atomic mass is 19.4. The number of fused-ring (bicyclic) bond motifs is 1. The van der Waals surface area contributed by atoms with Gasteiger partial charge in [-0.2, -0.15) is 18.4 Å². The molecule has 0 aliphatic carbocycles. The summed E-state index contributed by atoms with van der Waals surface area (Å²) in [7, 11) is 0. The van der Waals surface area contributed by atoms with Crippen molar-refractivity contribution in [1.29, 1.82) is 5.26 Å². The number of pyridine rings is 1. The van der Waals surface area contributed by atoms with Gasteiger partial charge in [-0.3, -0.25) is 4.90 Å². The van der Waals surface area contributed by atoms with E-state index in [9.17, 15) is 23.5 Å². The van der Waals surface area contributed by atoms with Crippen molar-refractivity contribution >= 4 is 22.4 Å². The molecule has 2 aromatic heterocycles. The van der Waals surface area contributed by atoms with Gasteiger partial charge in [0.05, 0.1) is 23.1 Å². The molecule has 4 rings (SSSR count). The molecule has 1 aliphatic heterocycles. The van der Waals surface area contributed by atoms with Gasteiger partial charge in [-0.1, -0.05) is 12.1 Å². The zero-order chi connectivity index (χ0) is 22.7. The molecule has 1 saturated heterocycles. The van der Waals surface area contributed by atoms with Crippen LogP contribution in [0.2, 0.25) is 0 Å². The third-order valence-corrected chi connectivity index (χ3v) is 5.39. The summed E-state index contributed by atoms with van der Waals surface area (Å²) in [5, 5.41) is 20.2. The maximum absolute atomic E-state index is 12.8. The summed E-state index contributed by atoms with van der Waals surface area (Å²) >= 11 is 0. The van der Waals surface area contributed by atoms with Crippen molar-refractivity contribution in [3.63, 3.8) is 0 Å². The van der Waals surface area contributed by atoms with Gasteiger partial charge in [-0.25, -0.2) is 9.97 Å². The lowest BCUT2D eigenvalue weighted by atomic mass is 10.2. The number of aliphatic hydroxyl groups is 1. The predicted octanol–water partition coefficient (Wildman–Crippen LogP) is 3.98. The first-order valence-electron chi connectivity index (χ1n) is 10.1. The molecule has 0 bridgehead atoms. The molecule has 1 aromatic carbocycles. The normalized spacial score (nSPS) is 16.5. The summed E-state index contributed by atoms with van der Waals surface area (Å²) in [6, 6.07) is 11.8. The van der Waals surface area contributed by atoms with E-state index in [1.165, 1.54) is 6.07 Å². The number of nitriles is 1. The molecular weight excluding hydrogens is 421 g/mol. The fourth-order valence-corrected chi connectivity index (χ4v) is 3.72. The monoisotopic (exact) mass is 442 g/mol. The first-order chi connectivity index (χ1) is 15.3. The number of anilines is 1. The molecule has 166 valence electrons. The van der Waals surface area contributed by atoms with Crippen LogP contribution in [0.5, 0.6) is 0 Å². The zero-order valence-electron chi connectivity index (χ0n) is 17.1. The van der Waals surface area contributed by atoms with Crippen LogP contribution in [-0.2, 0) is 6.18 Å². The van der Waals surface area contributed by atoms with Gasteiger partial charge >= 0.3 is 6.18 Å². The third kappa shape index (κ3) is 4.68. The first kappa shape index (κ1) is 21.6. The summed E-state index contributed by atoms with van der Waals surface area (Å²) in [6.07, 6.45) is -2.83. The summed E-state index contributed by atoms with van der Waals surface area (Å²) in [5.41, 5.74) is 0.795. The van der Waals surface area contributed by atoms with E-state index in [0.717, 1.165) is 24.2 Å². The Labute approximate surface area is 182 Å². The van der Waals surface area contributed by atoms with Gasteiger partial charge in [-0.15, -0.1) is 0 Å². The molecule has 0 amide bonds. The maximum Gasteiger partial charge on any atom is 0.417 e. The highest BCUT2D eigenvalue weighted by Gasteiger charge is 2.31. The van der Waals surface area contributed by atoms with Crippen LogP contribution in [0.1, 0.15) is 17.8 Å². The fraction of sp³-hybridized carbons (Fsp3) is 0.318. The molecule has 1 aliphatic rings. The number of rotatable bonds is 4. The number of hydrogen-bond donors (Lipinski definition) is 2. The number of halogens is 3. The molecule has 0 radical (unpaired) electrons. The Morgan fingerprint density at radius 1 is 1.12 bits per heavy atom. The van der Waals surface area contributed by atoms with E-state index in [4.69, 9.17) is 0 Å². The highest BCUT2D eigenvalue weighted by Crippen LogP contribution is 2.29. The zero-order valence-corrected chi connectivity index (χ0v) is 17.1. The largest absolute Gasteiger partial charge is 0.509 e. The number of aliphatic hydroxyl groups excluding tert-OH is 1. The standard InChI is InChI=1S/C22H21F3N6O/c23-22(24,25)15-6-7-20(27-13-15)31-9-3-8-30(10-11-31)14-19(32)16(12-26)21-28-17-4-1-2-5-18(17)29-21/h1-2,4-7,13,32H,3,8-11,14H2,(H,28,29)/b19-16-. The molecular formula is C22H21F3N6O. The van der Waals surface area contributed by atoms with Crippen molar-refractivity contribution < 1.29 is 18.3 Å². The Morgan fingerprint density at radius 2 is 1.94 bits per heavy atom. The number of aromatic amines is 1. The molecule has 0 unspecified atom stereocenters. The molecule has 7 nitrogen and oxygen atoms in total. The second-order valence-electron chi connectivity index (χ2n) is 7.56. The van der Waals surface area contributed by atoms with E-state index < -0.39 is 11.7 Å². The Kier molecular flexibility index (Phi) is 6.01. The lowest BCUT2D eigenvalue weighted by molar-refractivity contribution is -0.137. The molecule has 0 atom stereocenters. The number of nitrogens with one attached hydrogen (secondary N) is 1. The number of hydrogen-bond acceptors (Lipinski definition) is 6.